The summed E-state index contributed by atoms with van der Waals surface area (Å²) in [5, 5.41) is 5.67. The van der Waals surface area contributed by atoms with Crippen LogP contribution in [0.3, 0.4) is 0 Å². The number of amides is 2. The Morgan fingerprint density at radius 3 is 2.25 bits per heavy atom. The first-order valence-corrected chi connectivity index (χ1v) is 6.70. The molecule has 2 aromatic rings. The minimum absolute atomic E-state index is 0.149. The number of benzene rings is 2. The minimum atomic E-state index is -0.149. The van der Waals surface area contributed by atoms with Crippen LogP contribution in [0, 0.1) is 0 Å². The molecule has 1 aliphatic carbocycles. The number of para-hydroxylation sites is 1. The highest BCUT2D eigenvalue weighted by molar-refractivity contribution is 5.89. The number of hydrogen-bond donors (Lipinski definition) is 2. The molecule has 2 aromatic carbocycles. The predicted octanol–water partition coefficient (Wildman–Crippen LogP) is 3.76. The Morgan fingerprint density at radius 2 is 1.60 bits per heavy atom. The van der Waals surface area contributed by atoms with E-state index >= 15 is 0 Å². The fourth-order valence-corrected chi connectivity index (χ4v) is 1.81. The summed E-state index contributed by atoms with van der Waals surface area (Å²) in [6.45, 7) is 0. The van der Waals surface area contributed by atoms with Crippen molar-refractivity contribution in [2.75, 3.05) is 5.32 Å². The lowest BCUT2D eigenvalue weighted by Crippen LogP contribution is -2.30. The standard InChI is InChI=1S/C16H16N2O2/c19-16(17-12-6-7-12)18-13-8-10-15(11-9-13)20-14-4-2-1-3-5-14/h1-5,8-12H,6-7H2,(H2,17,18,19). The predicted molar refractivity (Wildman–Crippen MR) is 78.1 cm³/mol. The SMILES string of the molecule is O=C(Nc1ccc(Oc2ccccc2)cc1)NC1CC1. The molecule has 0 saturated heterocycles. The highest BCUT2D eigenvalue weighted by Gasteiger charge is 2.23. The van der Waals surface area contributed by atoms with Crippen molar-refractivity contribution in [3.05, 3.63) is 54.6 Å². The van der Waals surface area contributed by atoms with E-state index in [4.69, 9.17) is 4.74 Å². The summed E-state index contributed by atoms with van der Waals surface area (Å²) in [5.74, 6) is 1.53. The zero-order chi connectivity index (χ0) is 13.8. The van der Waals surface area contributed by atoms with Gasteiger partial charge in [-0.15, -0.1) is 0 Å². The van der Waals surface area contributed by atoms with Gasteiger partial charge in [0.1, 0.15) is 11.5 Å². The van der Waals surface area contributed by atoms with Crippen LogP contribution < -0.4 is 15.4 Å². The van der Waals surface area contributed by atoms with Crippen LogP contribution >= 0.6 is 0 Å². The van der Waals surface area contributed by atoms with Gasteiger partial charge in [-0.3, -0.25) is 0 Å². The third-order valence-corrected chi connectivity index (χ3v) is 3.00. The molecule has 102 valence electrons. The van der Waals surface area contributed by atoms with Crippen molar-refractivity contribution in [3.8, 4) is 11.5 Å². The first-order chi connectivity index (χ1) is 9.79. The molecule has 0 bridgehead atoms. The van der Waals surface area contributed by atoms with Gasteiger partial charge in [0.25, 0.3) is 0 Å². The Bertz CT molecular complexity index is 577. The molecular formula is C16H16N2O2. The Kier molecular flexibility index (Phi) is 3.54. The maximum atomic E-state index is 11.6. The molecule has 0 atom stereocenters. The molecule has 0 aromatic heterocycles. The fraction of sp³-hybridized carbons (Fsp3) is 0.188. The molecule has 3 rings (SSSR count). The van der Waals surface area contributed by atoms with Crippen LogP contribution in [0.4, 0.5) is 10.5 Å². The number of anilines is 1. The minimum Gasteiger partial charge on any atom is -0.457 e. The van der Waals surface area contributed by atoms with E-state index in [9.17, 15) is 4.79 Å². The number of ether oxygens (including phenoxy) is 1. The zero-order valence-corrected chi connectivity index (χ0v) is 11.0. The lowest BCUT2D eigenvalue weighted by atomic mass is 10.3. The number of carbonyl (C=O) groups excluding carboxylic acids is 1. The molecule has 1 saturated carbocycles. The summed E-state index contributed by atoms with van der Waals surface area (Å²) in [6, 6.07) is 17.1. The van der Waals surface area contributed by atoms with Gasteiger partial charge < -0.3 is 15.4 Å². The first-order valence-electron chi connectivity index (χ1n) is 6.70. The molecule has 4 nitrogen and oxygen atoms in total. The second kappa shape index (κ2) is 5.65. The van der Waals surface area contributed by atoms with Crippen molar-refractivity contribution >= 4 is 11.7 Å². The van der Waals surface area contributed by atoms with E-state index in [0.717, 1.165) is 30.0 Å². The van der Waals surface area contributed by atoms with Gasteiger partial charge in [0.15, 0.2) is 0 Å². The lowest BCUT2D eigenvalue weighted by molar-refractivity contribution is 0.251. The number of urea groups is 1. The van der Waals surface area contributed by atoms with E-state index < -0.39 is 0 Å². The van der Waals surface area contributed by atoms with Gasteiger partial charge in [-0.05, 0) is 49.2 Å². The normalized spacial score (nSPS) is 13.6. The van der Waals surface area contributed by atoms with Gasteiger partial charge in [-0.25, -0.2) is 4.79 Å². The van der Waals surface area contributed by atoms with E-state index in [2.05, 4.69) is 10.6 Å². The Labute approximate surface area is 117 Å². The van der Waals surface area contributed by atoms with Crippen LogP contribution in [-0.4, -0.2) is 12.1 Å². The third-order valence-electron chi connectivity index (χ3n) is 3.00. The number of nitrogens with one attached hydrogen (secondary N) is 2. The van der Waals surface area contributed by atoms with Crippen molar-refractivity contribution in [2.24, 2.45) is 0 Å². The summed E-state index contributed by atoms with van der Waals surface area (Å²) in [4.78, 5) is 11.6. The molecule has 20 heavy (non-hydrogen) atoms. The van der Waals surface area contributed by atoms with E-state index in [1.165, 1.54) is 0 Å². The number of hydrogen-bond acceptors (Lipinski definition) is 2. The van der Waals surface area contributed by atoms with Crippen molar-refractivity contribution in [2.45, 2.75) is 18.9 Å². The van der Waals surface area contributed by atoms with Gasteiger partial charge in [0.05, 0.1) is 0 Å². The lowest BCUT2D eigenvalue weighted by Gasteiger charge is -2.08. The highest BCUT2D eigenvalue weighted by Crippen LogP contribution is 2.23. The van der Waals surface area contributed by atoms with Crippen LogP contribution in [0.15, 0.2) is 54.6 Å². The highest BCUT2D eigenvalue weighted by atomic mass is 16.5. The molecule has 2 N–H and O–H groups in total. The maximum absolute atomic E-state index is 11.6. The van der Waals surface area contributed by atoms with Crippen molar-refractivity contribution in [1.29, 1.82) is 0 Å². The van der Waals surface area contributed by atoms with Crippen LogP contribution in [0.2, 0.25) is 0 Å². The molecular weight excluding hydrogens is 252 g/mol. The summed E-state index contributed by atoms with van der Waals surface area (Å²) >= 11 is 0. The second-order valence-electron chi connectivity index (χ2n) is 4.81. The van der Waals surface area contributed by atoms with Crippen LogP contribution in [0.1, 0.15) is 12.8 Å². The number of carbonyl (C=O) groups is 1. The monoisotopic (exact) mass is 268 g/mol. The van der Waals surface area contributed by atoms with Crippen molar-refractivity contribution < 1.29 is 9.53 Å². The van der Waals surface area contributed by atoms with Gasteiger partial charge >= 0.3 is 6.03 Å². The summed E-state index contributed by atoms with van der Waals surface area (Å²) < 4.78 is 5.68. The molecule has 0 aliphatic heterocycles. The van der Waals surface area contributed by atoms with Gasteiger partial charge in [0, 0.05) is 11.7 Å². The molecule has 0 unspecified atom stereocenters. The molecule has 1 fully saturated rings. The molecule has 1 aliphatic rings. The van der Waals surface area contributed by atoms with E-state index in [1.807, 2.05) is 54.6 Å². The molecule has 4 heteroatoms. The summed E-state index contributed by atoms with van der Waals surface area (Å²) in [5.41, 5.74) is 0.753. The largest absolute Gasteiger partial charge is 0.457 e. The third kappa shape index (κ3) is 3.51. The molecule has 2 amide bonds. The Hall–Kier alpha value is -2.49. The topological polar surface area (TPSA) is 50.4 Å². The molecule has 0 radical (unpaired) electrons. The Balaban J connectivity index is 1.57. The molecule has 0 spiro atoms. The van der Waals surface area contributed by atoms with Gasteiger partial charge in [-0.2, -0.15) is 0 Å². The summed E-state index contributed by atoms with van der Waals surface area (Å²) in [7, 11) is 0. The van der Waals surface area contributed by atoms with Crippen molar-refractivity contribution in [1.82, 2.24) is 5.32 Å². The molecule has 0 heterocycles. The average molecular weight is 268 g/mol. The number of rotatable bonds is 4. The fourth-order valence-electron chi connectivity index (χ4n) is 1.81. The van der Waals surface area contributed by atoms with Crippen LogP contribution in [-0.2, 0) is 0 Å². The van der Waals surface area contributed by atoms with E-state index in [0.29, 0.717) is 6.04 Å². The van der Waals surface area contributed by atoms with Crippen LogP contribution in [0.5, 0.6) is 11.5 Å². The smallest absolute Gasteiger partial charge is 0.319 e. The quantitative estimate of drug-likeness (QED) is 0.887. The average Bonchev–Trinajstić information content (AvgIpc) is 3.26. The summed E-state index contributed by atoms with van der Waals surface area (Å²) in [6.07, 6.45) is 2.16. The maximum Gasteiger partial charge on any atom is 0.319 e. The Morgan fingerprint density at radius 1 is 0.950 bits per heavy atom. The van der Waals surface area contributed by atoms with Crippen LogP contribution in [0.25, 0.3) is 0 Å². The zero-order valence-electron chi connectivity index (χ0n) is 11.0. The second-order valence-corrected chi connectivity index (χ2v) is 4.81. The van der Waals surface area contributed by atoms with Crippen molar-refractivity contribution in [3.63, 3.8) is 0 Å². The van der Waals surface area contributed by atoms with E-state index in [-0.39, 0.29) is 6.03 Å². The van der Waals surface area contributed by atoms with Gasteiger partial charge in [-0.1, -0.05) is 18.2 Å². The van der Waals surface area contributed by atoms with E-state index in [1.54, 1.807) is 0 Å². The van der Waals surface area contributed by atoms with Gasteiger partial charge in [0.2, 0.25) is 0 Å². The first kappa shape index (κ1) is 12.5.